The van der Waals surface area contributed by atoms with Crippen LogP contribution in [0.3, 0.4) is 0 Å². The molecule has 0 spiro atoms. The first kappa shape index (κ1) is 11.6. The number of benzene rings is 1. The van der Waals surface area contributed by atoms with Gasteiger partial charge in [-0.1, -0.05) is 19.4 Å². The highest BCUT2D eigenvalue weighted by molar-refractivity contribution is 5.31. The largest absolute Gasteiger partial charge is 0.310 e. The Bertz CT molecular complexity index is 349. The molecule has 0 aliphatic heterocycles. The average Bonchev–Trinajstić information content (AvgIpc) is 2.48. The van der Waals surface area contributed by atoms with Crippen LogP contribution >= 0.6 is 0 Å². The number of halogens is 1. The lowest BCUT2D eigenvalue weighted by Gasteiger charge is -2.19. The predicted molar refractivity (Wildman–Crippen MR) is 65.0 cm³/mol. The van der Waals surface area contributed by atoms with E-state index in [4.69, 9.17) is 0 Å². The third-order valence-corrected chi connectivity index (χ3v) is 3.31. The standard InChI is InChI=1S/C14H20FN/c1-2-9-16-14-6-4-3-5-11-7-8-12(15)10-13(11)14/h7-8,10,14,16H,2-6,9H2,1H3. The molecular formula is C14H20FN. The van der Waals surface area contributed by atoms with Gasteiger partial charge in [0.1, 0.15) is 5.82 Å². The minimum Gasteiger partial charge on any atom is -0.310 e. The van der Waals surface area contributed by atoms with Gasteiger partial charge in [-0.25, -0.2) is 4.39 Å². The summed E-state index contributed by atoms with van der Waals surface area (Å²) in [4.78, 5) is 0. The van der Waals surface area contributed by atoms with Crippen LogP contribution in [0.4, 0.5) is 4.39 Å². The fraction of sp³-hybridized carbons (Fsp3) is 0.571. The summed E-state index contributed by atoms with van der Waals surface area (Å²) in [5.74, 6) is -0.107. The van der Waals surface area contributed by atoms with Gasteiger partial charge in [-0.15, -0.1) is 0 Å². The van der Waals surface area contributed by atoms with Crippen LogP contribution in [0.2, 0.25) is 0 Å². The lowest BCUT2D eigenvalue weighted by molar-refractivity contribution is 0.487. The Morgan fingerprint density at radius 3 is 3.06 bits per heavy atom. The second-order valence-electron chi connectivity index (χ2n) is 4.60. The number of aryl methyl sites for hydroxylation is 1. The summed E-state index contributed by atoms with van der Waals surface area (Å²) in [6, 6.07) is 5.61. The van der Waals surface area contributed by atoms with E-state index in [2.05, 4.69) is 12.2 Å². The van der Waals surface area contributed by atoms with Crippen molar-refractivity contribution in [3.05, 3.63) is 35.1 Å². The van der Waals surface area contributed by atoms with Crippen LogP contribution in [0.5, 0.6) is 0 Å². The minimum absolute atomic E-state index is 0.107. The molecule has 0 heterocycles. The van der Waals surface area contributed by atoms with Crippen molar-refractivity contribution >= 4 is 0 Å². The third-order valence-electron chi connectivity index (χ3n) is 3.31. The Morgan fingerprint density at radius 1 is 1.38 bits per heavy atom. The molecule has 2 heteroatoms. The smallest absolute Gasteiger partial charge is 0.123 e. The zero-order valence-electron chi connectivity index (χ0n) is 9.93. The van der Waals surface area contributed by atoms with Gasteiger partial charge >= 0.3 is 0 Å². The third kappa shape index (κ3) is 2.62. The van der Waals surface area contributed by atoms with Gasteiger partial charge in [0, 0.05) is 6.04 Å². The average molecular weight is 221 g/mol. The maximum absolute atomic E-state index is 13.3. The summed E-state index contributed by atoms with van der Waals surface area (Å²) in [7, 11) is 0. The van der Waals surface area contributed by atoms with Gasteiger partial charge in [-0.3, -0.25) is 0 Å². The second kappa shape index (κ2) is 5.44. The first-order chi connectivity index (χ1) is 7.81. The normalized spacial score (nSPS) is 20.2. The number of nitrogens with one attached hydrogen (secondary N) is 1. The summed E-state index contributed by atoms with van der Waals surface area (Å²) in [5, 5.41) is 3.53. The fourth-order valence-corrected chi connectivity index (χ4v) is 2.47. The first-order valence-electron chi connectivity index (χ1n) is 6.33. The number of fused-ring (bicyclic) bond motifs is 1. The summed E-state index contributed by atoms with van der Waals surface area (Å²) in [6.07, 6.45) is 5.82. The molecule has 1 atom stereocenters. The summed E-state index contributed by atoms with van der Waals surface area (Å²) in [6.45, 7) is 3.18. The van der Waals surface area contributed by atoms with Crippen molar-refractivity contribution in [3.63, 3.8) is 0 Å². The molecule has 1 nitrogen and oxygen atoms in total. The topological polar surface area (TPSA) is 12.0 Å². The van der Waals surface area contributed by atoms with Crippen LogP contribution in [-0.4, -0.2) is 6.54 Å². The van der Waals surface area contributed by atoms with Crippen molar-refractivity contribution in [2.45, 2.75) is 45.1 Å². The van der Waals surface area contributed by atoms with Crippen LogP contribution in [0.25, 0.3) is 0 Å². The first-order valence-corrected chi connectivity index (χ1v) is 6.33. The minimum atomic E-state index is -0.107. The van der Waals surface area contributed by atoms with Crippen molar-refractivity contribution < 1.29 is 4.39 Å². The molecule has 16 heavy (non-hydrogen) atoms. The lowest BCUT2D eigenvalue weighted by Crippen LogP contribution is -2.22. The lowest BCUT2D eigenvalue weighted by atomic mass is 9.99. The molecule has 1 aromatic rings. The predicted octanol–water partition coefficient (Wildman–Crippen LogP) is 3.59. The molecule has 0 bridgehead atoms. The van der Waals surface area contributed by atoms with E-state index < -0.39 is 0 Å². The van der Waals surface area contributed by atoms with E-state index in [1.165, 1.54) is 24.0 Å². The van der Waals surface area contributed by atoms with Gasteiger partial charge in [0.2, 0.25) is 0 Å². The van der Waals surface area contributed by atoms with Gasteiger partial charge < -0.3 is 5.32 Å². The molecule has 0 amide bonds. The van der Waals surface area contributed by atoms with Gasteiger partial charge in [0.05, 0.1) is 0 Å². The summed E-state index contributed by atoms with van der Waals surface area (Å²) >= 11 is 0. The molecule has 1 aromatic carbocycles. The molecule has 0 fully saturated rings. The molecule has 1 N–H and O–H groups in total. The Morgan fingerprint density at radius 2 is 2.25 bits per heavy atom. The molecule has 0 saturated heterocycles. The highest BCUT2D eigenvalue weighted by Crippen LogP contribution is 2.29. The van der Waals surface area contributed by atoms with E-state index in [0.29, 0.717) is 6.04 Å². The molecule has 0 aromatic heterocycles. The van der Waals surface area contributed by atoms with E-state index in [9.17, 15) is 4.39 Å². The number of rotatable bonds is 3. The summed E-state index contributed by atoms with van der Waals surface area (Å²) in [5.41, 5.74) is 2.51. The zero-order chi connectivity index (χ0) is 11.4. The van der Waals surface area contributed by atoms with Crippen LogP contribution in [0.1, 0.15) is 49.8 Å². The van der Waals surface area contributed by atoms with Gasteiger partial charge in [0.15, 0.2) is 0 Å². The Labute approximate surface area is 97.1 Å². The Balaban J connectivity index is 2.24. The van der Waals surface area contributed by atoms with Crippen molar-refractivity contribution in [2.24, 2.45) is 0 Å². The van der Waals surface area contributed by atoms with Gasteiger partial charge in [0.25, 0.3) is 0 Å². The SMILES string of the molecule is CCCNC1CCCCc2ccc(F)cc21. The van der Waals surface area contributed by atoms with Crippen molar-refractivity contribution in [1.29, 1.82) is 0 Å². The van der Waals surface area contributed by atoms with Crippen LogP contribution in [-0.2, 0) is 6.42 Å². The van der Waals surface area contributed by atoms with Crippen LogP contribution in [0.15, 0.2) is 18.2 Å². The number of hydrogen-bond acceptors (Lipinski definition) is 1. The molecular weight excluding hydrogens is 201 g/mol. The zero-order valence-corrected chi connectivity index (χ0v) is 9.93. The van der Waals surface area contributed by atoms with E-state index >= 15 is 0 Å². The van der Waals surface area contributed by atoms with Gasteiger partial charge in [-0.2, -0.15) is 0 Å². The van der Waals surface area contributed by atoms with Crippen LogP contribution < -0.4 is 5.32 Å². The summed E-state index contributed by atoms with van der Waals surface area (Å²) < 4.78 is 13.3. The van der Waals surface area contributed by atoms with Crippen molar-refractivity contribution in [3.8, 4) is 0 Å². The van der Waals surface area contributed by atoms with Crippen LogP contribution in [0, 0.1) is 5.82 Å². The van der Waals surface area contributed by atoms with E-state index in [1.807, 2.05) is 6.07 Å². The van der Waals surface area contributed by atoms with E-state index in [1.54, 1.807) is 12.1 Å². The Kier molecular flexibility index (Phi) is 3.94. The quantitative estimate of drug-likeness (QED) is 0.769. The maximum atomic E-state index is 13.3. The molecule has 0 saturated carbocycles. The monoisotopic (exact) mass is 221 g/mol. The molecule has 1 aliphatic rings. The molecule has 2 rings (SSSR count). The fourth-order valence-electron chi connectivity index (χ4n) is 2.47. The van der Waals surface area contributed by atoms with E-state index in [-0.39, 0.29) is 5.82 Å². The maximum Gasteiger partial charge on any atom is 0.123 e. The second-order valence-corrected chi connectivity index (χ2v) is 4.60. The Hall–Kier alpha value is -0.890. The van der Waals surface area contributed by atoms with Gasteiger partial charge in [-0.05, 0) is 55.5 Å². The number of hydrogen-bond donors (Lipinski definition) is 1. The molecule has 88 valence electrons. The molecule has 1 aliphatic carbocycles. The molecule has 0 radical (unpaired) electrons. The highest BCUT2D eigenvalue weighted by Gasteiger charge is 2.18. The van der Waals surface area contributed by atoms with Crippen molar-refractivity contribution in [2.75, 3.05) is 6.54 Å². The van der Waals surface area contributed by atoms with Crippen molar-refractivity contribution in [1.82, 2.24) is 5.32 Å². The highest BCUT2D eigenvalue weighted by atomic mass is 19.1. The van der Waals surface area contributed by atoms with E-state index in [0.717, 1.165) is 25.8 Å². The molecule has 1 unspecified atom stereocenters.